The highest BCUT2D eigenvalue weighted by Crippen LogP contribution is 2.33. The summed E-state index contributed by atoms with van der Waals surface area (Å²) in [5.74, 6) is -0.369. The third-order valence-electron chi connectivity index (χ3n) is 4.73. The third-order valence-corrected chi connectivity index (χ3v) is 4.73. The maximum absolute atomic E-state index is 11.9. The van der Waals surface area contributed by atoms with E-state index < -0.39 is 0 Å². The van der Waals surface area contributed by atoms with Crippen molar-refractivity contribution in [3.05, 3.63) is 90.0 Å². The predicted molar refractivity (Wildman–Crippen MR) is 110 cm³/mol. The van der Waals surface area contributed by atoms with Crippen LogP contribution in [-0.4, -0.2) is 23.2 Å². The topological polar surface area (TPSA) is 59.4 Å². The normalized spacial score (nSPS) is 10.8. The van der Waals surface area contributed by atoms with E-state index >= 15 is 0 Å². The Morgan fingerprint density at radius 3 is 2.36 bits per heavy atom. The molecule has 0 aliphatic rings. The highest BCUT2D eigenvalue weighted by molar-refractivity contribution is 5.97. The summed E-state index contributed by atoms with van der Waals surface area (Å²) in [6.45, 7) is 0.00722. The number of aliphatic hydroxyl groups is 1. The average Bonchev–Trinajstić information content (AvgIpc) is 2.78. The molecule has 0 fully saturated rings. The zero-order chi connectivity index (χ0) is 19.5. The van der Waals surface area contributed by atoms with Crippen molar-refractivity contribution in [3.8, 4) is 22.4 Å². The summed E-state index contributed by atoms with van der Waals surface area (Å²) in [5.41, 5.74) is 6.00. The van der Waals surface area contributed by atoms with Crippen molar-refractivity contribution in [1.82, 2.24) is 4.98 Å². The van der Waals surface area contributed by atoms with Crippen molar-refractivity contribution in [1.29, 1.82) is 0 Å². The molecular formula is C24H19NO3. The fraction of sp³-hybridized carbons (Fsp3) is 0.0833. The lowest BCUT2D eigenvalue weighted by Crippen LogP contribution is -2.01. The van der Waals surface area contributed by atoms with Gasteiger partial charge in [0.25, 0.3) is 0 Å². The maximum atomic E-state index is 11.9. The predicted octanol–water partition coefficient (Wildman–Crippen LogP) is 4.85. The molecule has 1 N–H and O–H groups in total. The maximum Gasteiger partial charge on any atom is 0.337 e. The van der Waals surface area contributed by atoms with Gasteiger partial charge in [-0.2, -0.15) is 0 Å². The Bertz CT molecular complexity index is 1140. The van der Waals surface area contributed by atoms with Gasteiger partial charge in [0, 0.05) is 16.5 Å². The second-order valence-electron chi connectivity index (χ2n) is 6.50. The van der Waals surface area contributed by atoms with E-state index in [1.807, 2.05) is 60.7 Å². The molecule has 0 unspecified atom stereocenters. The van der Waals surface area contributed by atoms with Crippen molar-refractivity contribution in [2.75, 3.05) is 7.11 Å². The highest BCUT2D eigenvalue weighted by atomic mass is 16.5. The van der Waals surface area contributed by atoms with Gasteiger partial charge in [-0.3, -0.25) is 0 Å². The molecular weight excluding hydrogens is 350 g/mol. The van der Waals surface area contributed by atoms with Crippen LogP contribution in [0.4, 0.5) is 0 Å². The Labute approximate surface area is 163 Å². The quantitative estimate of drug-likeness (QED) is 0.523. The van der Waals surface area contributed by atoms with E-state index in [2.05, 4.69) is 6.07 Å². The SMILES string of the molecule is COC(=O)c1ccc2nc(-c3ccc(CO)cc3)c(-c3ccccc3)cc2c1. The number of pyridine rings is 1. The molecule has 0 spiro atoms. The van der Waals surface area contributed by atoms with Crippen LogP contribution in [0.5, 0.6) is 0 Å². The molecule has 0 saturated carbocycles. The summed E-state index contributed by atoms with van der Waals surface area (Å²) in [5, 5.41) is 10.2. The van der Waals surface area contributed by atoms with Crippen molar-refractivity contribution >= 4 is 16.9 Å². The minimum Gasteiger partial charge on any atom is -0.465 e. The molecule has 0 bridgehead atoms. The second-order valence-corrected chi connectivity index (χ2v) is 6.50. The molecule has 4 rings (SSSR count). The van der Waals surface area contributed by atoms with Gasteiger partial charge in [-0.05, 0) is 35.4 Å². The molecule has 0 saturated heterocycles. The molecule has 1 aromatic heterocycles. The summed E-state index contributed by atoms with van der Waals surface area (Å²) >= 11 is 0. The van der Waals surface area contributed by atoms with Crippen molar-refractivity contribution in [3.63, 3.8) is 0 Å². The summed E-state index contributed by atoms with van der Waals surface area (Å²) in [4.78, 5) is 16.8. The van der Waals surface area contributed by atoms with Gasteiger partial charge < -0.3 is 9.84 Å². The van der Waals surface area contributed by atoms with Crippen LogP contribution in [-0.2, 0) is 11.3 Å². The number of hydrogen-bond donors (Lipinski definition) is 1. The number of ether oxygens (including phenoxy) is 1. The molecule has 0 aliphatic heterocycles. The Kier molecular flexibility index (Phi) is 4.87. The molecule has 4 nitrogen and oxygen atoms in total. The van der Waals surface area contributed by atoms with Crippen LogP contribution in [0.1, 0.15) is 15.9 Å². The first-order valence-corrected chi connectivity index (χ1v) is 8.98. The first-order chi connectivity index (χ1) is 13.7. The Balaban J connectivity index is 1.94. The number of benzene rings is 3. The van der Waals surface area contributed by atoms with E-state index in [4.69, 9.17) is 9.72 Å². The molecule has 138 valence electrons. The van der Waals surface area contributed by atoms with Crippen molar-refractivity contribution in [2.24, 2.45) is 0 Å². The summed E-state index contributed by atoms with van der Waals surface area (Å²) < 4.78 is 4.84. The summed E-state index contributed by atoms with van der Waals surface area (Å²) in [6, 6.07) is 25.2. The van der Waals surface area contributed by atoms with Crippen molar-refractivity contribution in [2.45, 2.75) is 6.61 Å². The van der Waals surface area contributed by atoms with E-state index in [0.29, 0.717) is 5.56 Å². The first kappa shape index (κ1) is 17.9. The standard InChI is InChI=1S/C24H19NO3/c1-28-24(27)19-11-12-22-20(13-19)14-21(17-5-3-2-4-6-17)23(25-22)18-9-7-16(15-26)8-10-18/h2-14,26H,15H2,1H3. The number of aliphatic hydroxyl groups excluding tert-OH is 1. The average molecular weight is 369 g/mol. The number of carbonyl (C=O) groups is 1. The van der Waals surface area contributed by atoms with Crippen LogP contribution in [0.3, 0.4) is 0 Å². The number of hydrogen-bond acceptors (Lipinski definition) is 4. The molecule has 0 radical (unpaired) electrons. The number of esters is 1. The fourth-order valence-electron chi connectivity index (χ4n) is 3.25. The largest absolute Gasteiger partial charge is 0.465 e. The summed E-state index contributed by atoms with van der Waals surface area (Å²) in [6.07, 6.45) is 0. The lowest BCUT2D eigenvalue weighted by molar-refractivity contribution is 0.0601. The zero-order valence-electron chi connectivity index (χ0n) is 15.4. The van der Waals surface area contributed by atoms with Crippen LogP contribution in [0.25, 0.3) is 33.3 Å². The number of methoxy groups -OCH3 is 1. The second kappa shape index (κ2) is 7.62. The molecule has 4 heteroatoms. The van der Waals surface area contributed by atoms with Gasteiger partial charge in [0.15, 0.2) is 0 Å². The minimum absolute atomic E-state index is 0.00722. The third kappa shape index (κ3) is 3.38. The Hall–Kier alpha value is -3.50. The van der Waals surface area contributed by atoms with Gasteiger partial charge in [0.1, 0.15) is 0 Å². The van der Waals surface area contributed by atoms with Crippen LogP contribution >= 0.6 is 0 Å². The first-order valence-electron chi connectivity index (χ1n) is 8.98. The smallest absolute Gasteiger partial charge is 0.337 e. The lowest BCUT2D eigenvalue weighted by Gasteiger charge is -2.12. The number of carbonyl (C=O) groups excluding carboxylic acids is 1. The van der Waals surface area contributed by atoms with E-state index in [9.17, 15) is 9.90 Å². The van der Waals surface area contributed by atoms with Gasteiger partial charge in [0.2, 0.25) is 0 Å². The molecule has 0 atom stereocenters. The van der Waals surface area contributed by atoms with E-state index in [1.165, 1.54) is 7.11 Å². The van der Waals surface area contributed by atoms with Gasteiger partial charge >= 0.3 is 5.97 Å². The molecule has 0 amide bonds. The van der Waals surface area contributed by atoms with E-state index in [1.54, 1.807) is 12.1 Å². The van der Waals surface area contributed by atoms with Crippen LogP contribution in [0.15, 0.2) is 78.9 Å². The van der Waals surface area contributed by atoms with Gasteiger partial charge in [-0.1, -0.05) is 54.6 Å². The number of aromatic nitrogens is 1. The zero-order valence-corrected chi connectivity index (χ0v) is 15.4. The number of fused-ring (bicyclic) bond motifs is 1. The molecule has 1 heterocycles. The number of rotatable bonds is 4. The molecule has 28 heavy (non-hydrogen) atoms. The van der Waals surface area contributed by atoms with E-state index in [0.717, 1.165) is 38.9 Å². The van der Waals surface area contributed by atoms with Gasteiger partial charge in [0.05, 0.1) is 30.5 Å². The number of nitrogens with zero attached hydrogens (tertiary/aromatic N) is 1. The Morgan fingerprint density at radius 1 is 0.929 bits per heavy atom. The molecule has 4 aromatic rings. The monoisotopic (exact) mass is 369 g/mol. The minimum atomic E-state index is -0.369. The van der Waals surface area contributed by atoms with Crippen LogP contribution < -0.4 is 0 Å². The van der Waals surface area contributed by atoms with Crippen LogP contribution in [0, 0.1) is 0 Å². The fourth-order valence-corrected chi connectivity index (χ4v) is 3.25. The summed E-state index contributed by atoms with van der Waals surface area (Å²) in [7, 11) is 1.37. The molecule has 0 aliphatic carbocycles. The lowest BCUT2D eigenvalue weighted by atomic mass is 9.96. The van der Waals surface area contributed by atoms with Crippen molar-refractivity contribution < 1.29 is 14.6 Å². The van der Waals surface area contributed by atoms with E-state index in [-0.39, 0.29) is 12.6 Å². The highest BCUT2D eigenvalue weighted by Gasteiger charge is 2.13. The molecule has 3 aromatic carbocycles. The van der Waals surface area contributed by atoms with Crippen LogP contribution in [0.2, 0.25) is 0 Å². The Morgan fingerprint density at radius 2 is 1.68 bits per heavy atom. The van der Waals surface area contributed by atoms with Gasteiger partial charge in [-0.25, -0.2) is 9.78 Å². The van der Waals surface area contributed by atoms with Gasteiger partial charge in [-0.15, -0.1) is 0 Å².